The lowest BCUT2D eigenvalue weighted by Gasteiger charge is -2.09. The Morgan fingerprint density at radius 3 is 2.57 bits per heavy atom. The molecule has 0 radical (unpaired) electrons. The van der Waals surface area contributed by atoms with Crippen LogP contribution in [0, 0.1) is 0 Å². The summed E-state index contributed by atoms with van der Waals surface area (Å²) >= 11 is 0. The van der Waals surface area contributed by atoms with E-state index in [0.717, 1.165) is 0 Å². The summed E-state index contributed by atoms with van der Waals surface area (Å²) in [4.78, 5) is 23.0. The van der Waals surface area contributed by atoms with Gasteiger partial charge in [0, 0.05) is 0 Å². The molecule has 0 saturated heterocycles. The largest absolute Gasteiger partial charge is 0.493 e. The van der Waals surface area contributed by atoms with E-state index in [2.05, 4.69) is 0 Å². The zero-order valence-corrected chi connectivity index (χ0v) is 11.4. The Balaban J connectivity index is 2.22. The molecule has 0 bridgehead atoms. The molecule has 0 amide bonds. The third-order valence-corrected chi connectivity index (χ3v) is 2.70. The molecule has 0 aliphatic heterocycles. The molecule has 0 saturated carbocycles. The van der Waals surface area contributed by atoms with Gasteiger partial charge in [-0.3, -0.25) is 0 Å². The van der Waals surface area contributed by atoms with Gasteiger partial charge in [-0.2, -0.15) is 0 Å². The second-order valence-corrected chi connectivity index (χ2v) is 4.15. The van der Waals surface area contributed by atoms with E-state index in [9.17, 15) is 9.59 Å². The van der Waals surface area contributed by atoms with Crippen molar-refractivity contribution < 1.29 is 24.2 Å². The summed E-state index contributed by atoms with van der Waals surface area (Å²) < 4.78 is 10.6. The van der Waals surface area contributed by atoms with Crippen LogP contribution in [0.2, 0.25) is 0 Å². The van der Waals surface area contributed by atoms with Crippen molar-refractivity contribution in [3.63, 3.8) is 0 Å². The molecule has 0 aromatic heterocycles. The van der Waals surface area contributed by atoms with Crippen molar-refractivity contribution in [3.8, 4) is 11.5 Å². The molecule has 0 spiro atoms. The molecule has 0 atom stereocenters. The Bertz CT molecular complexity index is 663. The van der Waals surface area contributed by atoms with Crippen LogP contribution in [0.15, 0.2) is 48.5 Å². The zero-order valence-electron chi connectivity index (χ0n) is 11.4. The lowest BCUT2D eigenvalue weighted by molar-refractivity contribution is 0.0686. The van der Waals surface area contributed by atoms with Gasteiger partial charge in [0.15, 0.2) is 0 Å². The monoisotopic (exact) mass is 286 g/mol. The fraction of sp³-hybridized carbons (Fsp3) is 0.125. The van der Waals surface area contributed by atoms with E-state index < -0.39 is 11.9 Å². The maximum atomic E-state index is 12.1. The van der Waals surface area contributed by atoms with Crippen molar-refractivity contribution in [2.24, 2.45) is 0 Å². The highest BCUT2D eigenvalue weighted by Crippen LogP contribution is 2.21. The van der Waals surface area contributed by atoms with Gasteiger partial charge >= 0.3 is 11.9 Å². The number of carboxylic acids is 1. The zero-order chi connectivity index (χ0) is 15.2. The summed E-state index contributed by atoms with van der Waals surface area (Å²) in [7, 11) is 0. The Morgan fingerprint density at radius 1 is 1.10 bits per heavy atom. The highest BCUT2D eigenvalue weighted by atomic mass is 16.5. The minimum absolute atomic E-state index is 0.0541. The number of carbonyl (C=O) groups excluding carboxylic acids is 1. The first-order valence-electron chi connectivity index (χ1n) is 6.39. The van der Waals surface area contributed by atoms with Crippen LogP contribution < -0.4 is 9.47 Å². The first kappa shape index (κ1) is 14.6. The maximum Gasteiger partial charge on any atom is 0.347 e. The number of carbonyl (C=O) groups is 2. The van der Waals surface area contributed by atoms with E-state index in [-0.39, 0.29) is 11.3 Å². The van der Waals surface area contributed by atoms with Gasteiger partial charge in [0.25, 0.3) is 0 Å². The molecule has 108 valence electrons. The summed E-state index contributed by atoms with van der Waals surface area (Å²) in [6.45, 7) is 2.25. The fourth-order valence-electron chi connectivity index (χ4n) is 1.77. The number of esters is 1. The van der Waals surface area contributed by atoms with Crippen molar-refractivity contribution in [2.75, 3.05) is 6.61 Å². The van der Waals surface area contributed by atoms with Crippen LogP contribution in [0.1, 0.15) is 27.6 Å². The van der Waals surface area contributed by atoms with Crippen molar-refractivity contribution in [2.45, 2.75) is 6.92 Å². The minimum Gasteiger partial charge on any atom is -0.493 e. The van der Waals surface area contributed by atoms with Crippen molar-refractivity contribution in [1.82, 2.24) is 0 Å². The summed E-state index contributed by atoms with van der Waals surface area (Å²) in [5.74, 6) is -1.07. The highest BCUT2D eigenvalue weighted by molar-refractivity contribution is 5.94. The Labute approximate surface area is 121 Å². The number of aromatic carboxylic acids is 1. The number of para-hydroxylation sites is 1. The molecule has 21 heavy (non-hydrogen) atoms. The molecule has 0 fully saturated rings. The van der Waals surface area contributed by atoms with E-state index in [1.54, 1.807) is 24.3 Å². The second-order valence-electron chi connectivity index (χ2n) is 4.15. The van der Waals surface area contributed by atoms with Gasteiger partial charge in [-0.05, 0) is 37.3 Å². The molecule has 5 nitrogen and oxygen atoms in total. The lowest BCUT2D eigenvalue weighted by Crippen LogP contribution is -2.11. The average Bonchev–Trinajstić information content (AvgIpc) is 2.48. The summed E-state index contributed by atoms with van der Waals surface area (Å²) in [5, 5.41) is 8.91. The van der Waals surface area contributed by atoms with Gasteiger partial charge in [-0.1, -0.05) is 18.2 Å². The number of ether oxygens (including phenoxy) is 2. The number of rotatable bonds is 5. The van der Waals surface area contributed by atoms with Crippen LogP contribution in [-0.2, 0) is 0 Å². The number of benzene rings is 2. The van der Waals surface area contributed by atoms with Crippen molar-refractivity contribution in [3.05, 3.63) is 59.7 Å². The fourth-order valence-corrected chi connectivity index (χ4v) is 1.77. The van der Waals surface area contributed by atoms with Gasteiger partial charge in [-0.25, -0.2) is 9.59 Å². The molecule has 0 aliphatic rings. The molecule has 5 heteroatoms. The van der Waals surface area contributed by atoms with E-state index in [4.69, 9.17) is 14.6 Å². The van der Waals surface area contributed by atoms with Crippen LogP contribution in [-0.4, -0.2) is 23.7 Å². The lowest BCUT2D eigenvalue weighted by atomic mass is 10.2. The van der Waals surface area contributed by atoms with Crippen LogP contribution >= 0.6 is 0 Å². The topological polar surface area (TPSA) is 72.8 Å². The highest BCUT2D eigenvalue weighted by Gasteiger charge is 2.15. The SMILES string of the molecule is CCOc1ccccc1C(=O)Oc1cccc(C(=O)O)c1. The van der Waals surface area contributed by atoms with Gasteiger partial charge in [0.05, 0.1) is 12.2 Å². The molecular weight excluding hydrogens is 272 g/mol. The average molecular weight is 286 g/mol. The normalized spacial score (nSPS) is 9.95. The van der Waals surface area contributed by atoms with Crippen LogP contribution in [0.5, 0.6) is 11.5 Å². The van der Waals surface area contributed by atoms with Crippen LogP contribution in [0.25, 0.3) is 0 Å². The molecule has 0 unspecified atom stereocenters. The third-order valence-electron chi connectivity index (χ3n) is 2.70. The number of hydrogen-bond donors (Lipinski definition) is 1. The summed E-state index contributed by atoms with van der Waals surface area (Å²) in [6, 6.07) is 12.5. The van der Waals surface area contributed by atoms with Crippen molar-refractivity contribution >= 4 is 11.9 Å². The van der Waals surface area contributed by atoms with Gasteiger partial charge in [0.1, 0.15) is 17.1 Å². The molecule has 0 heterocycles. The third kappa shape index (κ3) is 3.60. The molecule has 2 aromatic carbocycles. The first-order chi connectivity index (χ1) is 10.1. The number of carboxylic acid groups (broad SMARTS) is 1. The Kier molecular flexibility index (Phi) is 4.56. The van der Waals surface area contributed by atoms with Gasteiger partial charge in [0.2, 0.25) is 0 Å². The van der Waals surface area contributed by atoms with E-state index in [0.29, 0.717) is 17.9 Å². The molecular formula is C16H14O5. The number of hydrogen-bond acceptors (Lipinski definition) is 4. The Morgan fingerprint density at radius 2 is 1.86 bits per heavy atom. The maximum absolute atomic E-state index is 12.1. The summed E-state index contributed by atoms with van der Waals surface area (Å²) in [6.07, 6.45) is 0. The molecule has 1 N–H and O–H groups in total. The second kappa shape index (κ2) is 6.56. The van der Waals surface area contributed by atoms with Crippen LogP contribution in [0.4, 0.5) is 0 Å². The van der Waals surface area contributed by atoms with E-state index >= 15 is 0 Å². The summed E-state index contributed by atoms with van der Waals surface area (Å²) in [5.41, 5.74) is 0.346. The minimum atomic E-state index is -1.08. The van der Waals surface area contributed by atoms with Gasteiger partial charge in [-0.15, -0.1) is 0 Å². The van der Waals surface area contributed by atoms with E-state index in [1.807, 2.05) is 6.92 Å². The van der Waals surface area contributed by atoms with Crippen LogP contribution in [0.3, 0.4) is 0 Å². The molecule has 2 aromatic rings. The van der Waals surface area contributed by atoms with Crippen molar-refractivity contribution in [1.29, 1.82) is 0 Å². The first-order valence-corrected chi connectivity index (χ1v) is 6.39. The standard InChI is InChI=1S/C16H14O5/c1-2-20-14-9-4-3-8-13(14)16(19)21-12-7-5-6-11(10-12)15(17)18/h3-10H,2H2,1H3,(H,17,18). The van der Waals surface area contributed by atoms with E-state index in [1.165, 1.54) is 24.3 Å². The smallest absolute Gasteiger partial charge is 0.347 e. The molecule has 0 aliphatic carbocycles. The Hall–Kier alpha value is -2.82. The predicted molar refractivity (Wildman–Crippen MR) is 76.0 cm³/mol. The predicted octanol–water partition coefficient (Wildman–Crippen LogP) is 3.00. The quantitative estimate of drug-likeness (QED) is 0.675. The molecule has 2 rings (SSSR count). The van der Waals surface area contributed by atoms with Gasteiger partial charge < -0.3 is 14.6 Å².